The van der Waals surface area contributed by atoms with Crippen molar-refractivity contribution < 1.29 is 19.4 Å². The Hall–Kier alpha value is -2.66. The van der Waals surface area contributed by atoms with Gasteiger partial charge in [0, 0.05) is 5.56 Å². The summed E-state index contributed by atoms with van der Waals surface area (Å²) in [4.78, 5) is 26.8. The van der Waals surface area contributed by atoms with Gasteiger partial charge in [-0.1, -0.05) is 47.5 Å². The smallest absolute Gasteiger partial charge is 0.421 e. The first kappa shape index (κ1) is 18.1. The van der Waals surface area contributed by atoms with Crippen LogP contribution >= 0.6 is 0 Å². The molecule has 0 bridgehead atoms. The topological polar surface area (TPSA) is 66.8 Å². The number of carbonyl (C=O) groups excluding carboxylic acids is 2. The number of ether oxygens (including phenoxy) is 1. The van der Waals surface area contributed by atoms with Crippen molar-refractivity contribution in [3.63, 3.8) is 0 Å². The zero-order chi connectivity index (χ0) is 19.3. The average Bonchev–Trinajstić information content (AvgIpc) is 2.75. The standard InChI is InChI=1S/C21H23NO4/c1-13-6-9-15(10-7-13)21(25)16-12-14(2)8-11-17(16)22(18(21)23)19(24)26-20(3,4)5/h6-12,25H,1-5H3/t21-/m1/s1. The lowest BCUT2D eigenvalue weighted by Gasteiger charge is -2.25. The Labute approximate surface area is 153 Å². The minimum Gasteiger partial charge on any atom is -0.443 e. The third-order valence-corrected chi connectivity index (χ3v) is 4.34. The Morgan fingerprint density at radius 1 is 1.04 bits per heavy atom. The van der Waals surface area contributed by atoms with Gasteiger partial charge in [0.1, 0.15) is 5.60 Å². The molecule has 5 nitrogen and oxygen atoms in total. The molecule has 1 aliphatic rings. The van der Waals surface area contributed by atoms with Crippen LogP contribution in [-0.4, -0.2) is 22.7 Å². The number of fused-ring (bicyclic) bond motifs is 1. The summed E-state index contributed by atoms with van der Waals surface area (Å²) in [5, 5.41) is 11.4. The van der Waals surface area contributed by atoms with Crippen molar-refractivity contribution in [1.82, 2.24) is 0 Å². The van der Waals surface area contributed by atoms with Gasteiger partial charge in [-0.25, -0.2) is 9.69 Å². The van der Waals surface area contributed by atoms with E-state index in [0.29, 0.717) is 16.8 Å². The predicted octanol–water partition coefficient (Wildman–Crippen LogP) is 3.82. The van der Waals surface area contributed by atoms with Crippen molar-refractivity contribution in [3.8, 4) is 0 Å². The highest BCUT2D eigenvalue weighted by atomic mass is 16.6. The van der Waals surface area contributed by atoms with Gasteiger partial charge in [-0.3, -0.25) is 4.79 Å². The van der Waals surface area contributed by atoms with Gasteiger partial charge in [-0.15, -0.1) is 0 Å². The number of hydrogen-bond acceptors (Lipinski definition) is 4. The number of carbonyl (C=O) groups is 2. The van der Waals surface area contributed by atoms with Gasteiger partial charge in [0.2, 0.25) is 0 Å². The van der Waals surface area contributed by atoms with Gasteiger partial charge < -0.3 is 9.84 Å². The van der Waals surface area contributed by atoms with Gasteiger partial charge in [-0.05, 0) is 46.2 Å². The van der Waals surface area contributed by atoms with Crippen LogP contribution in [0.2, 0.25) is 0 Å². The van der Waals surface area contributed by atoms with Crippen LogP contribution in [-0.2, 0) is 15.1 Å². The summed E-state index contributed by atoms with van der Waals surface area (Å²) < 4.78 is 5.38. The molecule has 136 valence electrons. The van der Waals surface area contributed by atoms with Crippen LogP contribution in [0.1, 0.15) is 43.0 Å². The van der Waals surface area contributed by atoms with Crippen LogP contribution in [0.3, 0.4) is 0 Å². The zero-order valence-corrected chi connectivity index (χ0v) is 15.7. The molecular formula is C21H23NO4. The summed E-state index contributed by atoms with van der Waals surface area (Å²) in [5.41, 5.74) is 0.365. The number of amides is 2. The van der Waals surface area contributed by atoms with Crippen molar-refractivity contribution in [2.45, 2.75) is 45.8 Å². The number of nitrogens with zero attached hydrogens (tertiary/aromatic N) is 1. The van der Waals surface area contributed by atoms with Crippen LogP contribution in [0.25, 0.3) is 0 Å². The summed E-state index contributed by atoms with van der Waals surface area (Å²) in [6.07, 6.45) is -0.796. The summed E-state index contributed by atoms with van der Waals surface area (Å²) in [6, 6.07) is 12.3. The van der Waals surface area contributed by atoms with Crippen molar-refractivity contribution in [2.24, 2.45) is 0 Å². The van der Waals surface area contributed by atoms with Gasteiger partial charge in [-0.2, -0.15) is 0 Å². The Morgan fingerprint density at radius 2 is 1.62 bits per heavy atom. The molecule has 1 heterocycles. The number of hydrogen-bond donors (Lipinski definition) is 1. The first-order valence-corrected chi connectivity index (χ1v) is 8.52. The molecule has 3 rings (SSSR count). The fourth-order valence-corrected chi connectivity index (χ4v) is 3.08. The highest BCUT2D eigenvalue weighted by Crippen LogP contribution is 2.45. The van der Waals surface area contributed by atoms with Crippen molar-refractivity contribution in [1.29, 1.82) is 0 Å². The molecule has 0 aromatic heterocycles. The van der Waals surface area contributed by atoms with Crippen LogP contribution in [0.15, 0.2) is 42.5 Å². The highest BCUT2D eigenvalue weighted by molar-refractivity contribution is 6.21. The van der Waals surface area contributed by atoms with Crippen molar-refractivity contribution in [2.75, 3.05) is 4.90 Å². The van der Waals surface area contributed by atoms with Crippen LogP contribution in [0.5, 0.6) is 0 Å². The van der Waals surface area contributed by atoms with Crippen LogP contribution in [0.4, 0.5) is 10.5 Å². The molecule has 26 heavy (non-hydrogen) atoms. The molecule has 0 aliphatic carbocycles. The second kappa shape index (κ2) is 5.95. The summed E-state index contributed by atoms with van der Waals surface area (Å²) in [5.74, 6) is -0.726. The Bertz CT molecular complexity index is 880. The zero-order valence-electron chi connectivity index (χ0n) is 15.7. The third kappa shape index (κ3) is 2.88. The minimum atomic E-state index is -1.92. The molecule has 0 fully saturated rings. The van der Waals surface area contributed by atoms with E-state index in [4.69, 9.17) is 4.74 Å². The predicted molar refractivity (Wildman–Crippen MR) is 99.1 cm³/mol. The number of benzene rings is 2. The highest BCUT2D eigenvalue weighted by Gasteiger charge is 2.54. The molecule has 1 atom stereocenters. The quantitative estimate of drug-likeness (QED) is 0.846. The first-order chi connectivity index (χ1) is 12.0. The molecule has 0 saturated heterocycles. The fourth-order valence-electron chi connectivity index (χ4n) is 3.08. The van der Waals surface area contributed by atoms with Gasteiger partial charge in [0.05, 0.1) is 5.69 Å². The lowest BCUT2D eigenvalue weighted by atomic mass is 9.86. The second-order valence-corrected chi connectivity index (χ2v) is 7.72. The molecule has 0 saturated carbocycles. The maximum Gasteiger partial charge on any atom is 0.421 e. The normalized spacial score (nSPS) is 19.5. The number of imide groups is 1. The molecular weight excluding hydrogens is 330 g/mol. The molecule has 2 amide bonds. The molecule has 0 unspecified atom stereocenters. The second-order valence-electron chi connectivity index (χ2n) is 7.72. The number of anilines is 1. The molecule has 0 radical (unpaired) electrons. The lowest BCUT2D eigenvalue weighted by Crippen LogP contribution is -2.45. The third-order valence-electron chi connectivity index (χ3n) is 4.34. The molecule has 5 heteroatoms. The summed E-state index contributed by atoms with van der Waals surface area (Å²) >= 11 is 0. The van der Waals surface area contributed by atoms with E-state index in [0.717, 1.165) is 16.0 Å². The van der Waals surface area contributed by atoms with E-state index >= 15 is 0 Å². The molecule has 1 aliphatic heterocycles. The fraction of sp³-hybridized carbons (Fsp3) is 0.333. The van der Waals surface area contributed by atoms with E-state index in [1.54, 1.807) is 51.1 Å². The summed E-state index contributed by atoms with van der Waals surface area (Å²) in [6.45, 7) is 8.99. The van der Waals surface area contributed by atoms with Gasteiger partial charge in [0.25, 0.3) is 5.91 Å². The molecule has 2 aromatic carbocycles. The number of aliphatic hydroxyl groups is 1. The van der Waals surface area contributed by atoms with E-state index in [2.05, 4.69) is 0 Å². The van der Waals surface area contributed by atoms with E-state index in [1.165, 1.54) is 0 Å². The maximum absolute atomic E-state index is 13.2. The van der Waals surface area contributed by atoms with Crippen molar-refractivity contribution >= 4 is 17.7 Å². The number of rotatable bonds is 1. The largest absolute Gasteiger partial charge is 0.443 e. The van der Waals surface area contributed by atoms with E-state index in [1.807, 2.05) is 26.0 Å². The average molecular weight is 353 g/mol. The van der Waals surface area contributed by atoms with Gasteiger partial charge in [0.15, 0.2) is 5.60 Å². The molecule has 2 aromatic rings. The van der Waals surface area contributed by atoms with Gasteiger partial charge >= 0.3 is 6.09 Å². The maximum atomic E-state index is 13.2. The van der Waals surface area contributed by atoms with E-state index in [9.17, 15) is 14.7 Å². The lowest BCUT2D eigenvalue weighted by molar-refractivity contribution is -0.131. The van der Waals surface area contributed by atoms with E-state index < -0.39 is 23.2 Å². The first-order valence-electron chi connectivity index (χ1n) is 8.52. The van der Waals surface area contributed by atoms with Crippen molar-refractivity contribution in [3.05, 3.63) is 64.7 Å². The van der Waals surface area contributed by atoms with E-state index in [-0.39, 0.29) is 0 Å². The summed E-state index contributed by atoms with van der Waals surface area (Å²) in [7, 11) is 0. The SMILES string of the molecule is Cc1ccc([C@]2(O)C(=O)N(C(=O)OC(C)(C)C)c3ccc(C)cc32)cc1. The Balaban J connectivity index is 2.16. The monoisotopic (exact) mass is 353 g/mol. The molecule has 1 N–H and O–H groups in total. The Kier molecular flexibility index (Phi) is 4.15. The molecule has 0 spiro atoms. The van der Waals surface area contributed by atoms with Crippen LogP contribution in [0, 0.1) is 13.8 Å². The number of aryl methyl sites for hydroxylation is 2. The van der Waals surface area contributed by atoms with Crippen LogP contribution < -0.4 is 4.90 Å². The Morgan fingerprint density at radius 3 is 2.19 bits per heavy atom. The minimum absolute atomic E-state index is 0.345.